The van der Waals surface area contributed by atoms with E-state index in [1.807, 2.05) is 7.05 Å². The Balaban J connectivity index is 1.35. The molecule has 2 aliphatic rings. The lowest BCUT2D eigenvalue weighted by Gasteiger charge is -2.37. The highest BCUT2D eigenvalue weighted by Crippen LogP contribution is 2.23. The molecule has 0 unspecified atom stereocenters. The van der Waals surface area contributed by atoms with Crippen LogP contribution in [0.5, 0.6) is 0 Å². The van der Waals surface area contributed by atoms with E-state index in [9.17, 15) is 0 Å². The fourth-order valence-corrected chi connectivity index (χ4v) is 4.63. The highest BCUT2D eigenvalue weighted by Gasteiger charge is 2.20. The Morgan fingerprint density at radius 2 is 1.70 bits per heavy atom. The number of likely N-dealkylation sites (tertiary alicyclic amines) is 1. The molecule has 0 amide bonds. The van der Waals surface area contributed by atoms with Gasteiger partial charge in [0.2, 0.25) is 0 Å². The first kappa shape index (κ1) is 22.9. The minimum absolute atomic E-state index is 0.547. The van der Waals surface area contributed by atoms with Gasteiger partial charge in [0.25, 0.3) is 0 Å². The summed E-state index contributed by atoms with van der Waals surface area (Å²) in [4.78, 5) is 12.1. The van der Waals surface area contributed by atoms with E-state index in [-0.39, 0.29) is 0 Å². The standard InChI is InChI=1S/C24H42N6/c1-5-12-28-13-9-22(10-14-28)27-24(25-4)26-11-15-29-16-18-30(19-17-29)23-8-6-7-20(2)21(23)3/h6-8,22H,5,9-19H2,1-4H3,(H2,25,26,27). The highest BCUT2D eigenvalue weighted by molar-refractivity contribution is 5.79. The summed E-state index contributed by atoms with van der Waals surface area (Å²) < 4.78 is 0. The first-order valence-corrected chi connectivity index (χ1v) is 11.8. The number of benzene rings is 1. The van der Waals surface area contributed by atoms with Crippen LogP contribution in [0.2, 0.25) is 0 Å². The number of piperidine rings is 1. The Morgan fingerprint density at radius 3 is 2.37 bits per heavy atom. The largest absolute Gasteiger partial charge is 0.369 e. The minimum Gasteiger partial charge on any atom is -0.369 e. The van der Waals surface area contributed by atoms with E-state index >= 15 is 0 Å². The van der Waals surface area contributed by atoms with Crippen molar-refractivity contribution in [1.29, 1.82) is 0 Å². The molecule has 1 aromatic carbocycles. The molecule has 0 spiro atoms. The number of aliphatic imine (C=N–C) groups is 1. The van der Waals surface area contributed by atoms with Crippen LogP contribution in [-0.4, -0.2) is 87.8 Å². The van der Waals surface area contributed by atoms with Gasteiger partial charge in [-0.25, -0.2) is 0 Å². The minimum atomic E-state index is 0.547. The number of hydrogen-bond acceptors (Lipinski definition) is 4. The maximum absolute atomic E-state index is 4.44. The third-order valence-corrected chi connectivity index (χ3v) is 6.70. The Labute approximate surface area is 183 Å². The van der Waals surface area contributed by atoms with Crippen molar-refractivity contribution < 1.29 is 0 Å². The molecule has 2 N–H and O–H groups in total. The molecule has 3 rings (SSSR count). The van der Waals surface area contributed by atoms with Crippen molar-refractivity contribution in [2.75, 3.05) is 70.9 Å². The molecule has 2 aliphatic heterocycles. The summed E-state index contributed by atoms with van der Waals surface area (Å²) in [5.74, 6) is 0.956. The normalized spacial score (nSPS) is 19.9. The van der Waals surface area contributed by atoms with Crippen LogP contribution >= 0.6 is 0 Å². The van der Waals surface area contributed by atoms with Crippen LogP contribution in [0.25, 0.3) is 0 Å². The lowest BCUT2D eigenvalue weighted by molar-refractivity contribution is 0.206. The molecule has 30 heavy (non-hydrogen) atoms. The van der Waals surface area contributed by atoms with Gasteiger partial charge in [0.1, 0.15) is 0 Å². The maximum atomic E-state index is 4.44. The number of anilines is 1. The van der Waals surface area contributed by atoms with Gasteiger partial charge in [0.15, 0.2) is 5.96 Å². The van der Waals surface area contributed by atoms with E-state index in [1.54, 1.807) is 0 Å². The maximum Gasteiger partial charge on any atom is 0.191 e. The quantitative estimate of drug-likeness (QED) is 0.530. The third-order valence-electron chi connectivity index (χ3n) is 6.70. The van der Waals surface area contributed by atoms with E-state index in [4.69, 9.17) is 0 Å². The zero-order valence-electron chi connectivity index (χ0n) is 19.6. The van der Waals surface area contributed by atoms with Crippen LogP contribution in [0, 0.1) is 13.8 Å². The Hall–Kier alpha value is -1.79. The lowest BCUT2D eigenvalue weighted by Crippen LogP contribution is -2.51. The van der Waals surface area contributed by atoms with Crippen molar-refractivity contribution in [2.24, 2.45) is 4.99 Å². The second kappa shape index (κ2) is 11.6. The Bertz CT molecular complexity index is 672. The highest BCUT2D eigenvalue weighted by atomic mass is 15.3. The van der Waals surface area contributed by atoms with Crippen LogP contribution in [0.4, 0.5) is 5.69 Å². The average molecular weight is 415 g/mol. The summed E-state index contributed by atoms with van der Waals surface area (Å²) in [6.07, 6.45) is 3.67. The second-order valence-corrected chi connectivity index (χ2v) is 8.81. The molecule has 2 heterocycles. The monoisotopic (exact) mass is 414 g/mol. The Morgan fingerprint density at radius 1 is 1.00 bits per heavy atom. The summed E-state index contributed by atoms with van der Waals surface area (Å²) in [7, 11) is 1.88. The van der Waals surface area contributed by atoms with Gasteiger partial charge in [-0.15, -0.1) is 0 Å². The predicted octanol–water partition coefficient (Wildman–Crippen LogP) is 2.46. The van der Waals surface area contributed by atoms with E-state index in [1.165, 1.54) is 55.7 Å². The van der Waals surface area contributed by atoms with Gasteiger partial charge in [-0.2, -0.15) is 0 Å². The zero-order valence-corrected chi connectivity index (χ0v) is 19.6. The molecule has 168 valence electrons. The number of piperazine rings is 1. The van der Waals surface area contributed by atoms with Crippen LogP contribution in [0.15, 0.2) is 23.2 Å². The van der Waals surface area contributed by atoms with Crippen LogP contribution in [0.3, 0.4) is 0 Å². The van der Waals surface area contributed by atoms with Gasteiger partial charge in [-0.3, -0.25) is 9.89 Å². The third kappa shape index (κ3) is 6.35. The SMILES string of the molecule is CCCN1CCC(NC(=NC)NCCN2CCN(c3cccc(C)c3C)CC2)CC1. The molecule has 6 heteroatoms. The molecule has 0 saturated carbocycles. The van der Waals surface area contributed by atoms with Crippen molar-refractivity contribution in [3.05, 3.63) is 29.3 Å². The van der Waals surface area contributed by atoms with Gasteiger partial charge in [0, 0.05) is 71.1 Å². The van der Waals surface area contributed by atoms with E-state index in [2.05, 4.69) is 69.3 Å². The lowest BCUT2D eigenvalue weighted by atomic mass is 10.1. The van der Waals surface area contributed by atoms with Gasteiger partial charge in [-0.1, -0.05) is 19.1 Å². The van der Waals surface area contributed by atoms with Gasteiger partial charge < -0.3 is 20.4 Å². The fourth-order valence-electron chi connectivity index (χ4n) is 4.63. The number of nitrogens with zero attached hydrogens (tertiary/aromatic N) is 4. The van der Waals surface area contributed by atoms with Crippen LogP contribution < -0.4 is 15.5 Å². The second-order valence-electron chi connectivity index (χ2n) is 8.81. The number of rotatable bonds is 7. The fraction of sp³-hybridized carbons (Fsp3) is 0.708. The summed E-state index contributed by atoms with van der Waals surface area (Å²) in [6, 6.07) is 7.20. The summed E-state index contributed by atoms with van der Waals surface area (Å²) >= 11 is 0. The molecular weight excluding hydrogens is 372 g/mol. The molecule has 0 atom stereocenters. The molecule has 2 saturated heterocycles. The summed E-state index contributed by atoms with van der Waals surface area (Å²) in [5, 5.41) is 7.16. The van der Waals surface area contributed by atoms with Crippen molar-refractivity contribution in [3.8, 4) is 0 Å². The first-order chi connectivity index (χ1) is 14.6. The summed E-state index contributed by atoms with van der Waals surface area (Å²) in [6.45, 7) is 16.8. The van der Waals surface area contributed by atoms with Crippen molar-refractivity contribution in [1.82, 2.24) is 20.4 Å². The molecule has 0 aliphatic carbocycles. The number of aryl methyl sites for hydroxylation is 1. The van der Waals surface area contributed by atoms with Gasteiger partial charge in [-0.05, 0) is 56.8 Å². The van der Waals surface area contributed by atoms with E-state index in [0.717, 1.165) is 45.2 Å². The van der Waals surface area contributed by atoms with Crippen LogP contribution in [-0.2, 0) is 0 Å². The van der Waals surface area contributed by atoms with E-state index < -0.39 is 0 Å². The topological polar surface area (TPSA) is 46.1 Å². The summed E-state index contributed by atoms with van der Waals surface area (Å²) in [5.41, 5.74) is 4.21. The van der Waals surface area contributed by atoms with Crippen molar-refractivity contribution >= 4 is 11.6 Å². The molecule has 2 fully saturated rings. The van der Waals surface area contributed by atoms with Crippen molar-refractivity contribution in [2.45, 2.75) is 46.1 Å². The van der Waals surface area contributed by atoms with E-state index in [0.29, 0.717) is 6.04 Å². The van der Waals surface area contributed by atoms with Gasteiger partial charge in [0.05, 0.1) is 0 Å². The first-order valence-electron chi connectivity index (χ1n) is 11.8. The molecule has 6 nitrogen and oxygen atoms in total. The average Bonchev–Trinajstić information content (AvgIpc) is 2.77. The Kier molecular flexibility index (Phi) is 8.82. The number of hydrogen-bond donors (Lipinski definition) is 2. The van der Waals surface area contributed by atoms with Gasteiger partial charge >= 0.3 is 0 Å². The number of nitrogens with one attached hydrogen (secondary N) is 2. The smallest absolute Gasteiger partial charge is 0.191 e. The number of guanidine groups is 1. The van der Waals surface area contributed by atoms with Crippen LogP contribution in [0.1, 0.15) is 37.3 Å². The molecule has 0 bridgehead atoms. The molecule has 0 aromatic heterocycles. The zero-order chi connectivity index (χ0) is 21.3. The molecular formula is C24H42N6. The molecule has 0 radical (unpaired) electrons. The predicted molar refractivity (Wildman–Crippen MR) is 129 cm³/mol. The molecule has 1 aromatic rings. The van der Waals surface area contributed by atoms with Crippen molar-refractivity contribution in [3.63, 3.8) is 0 Å².